The highest BCUT2D eigenvalue weighted by atomic mass is 28.4. The van der Waals surface area contributed by atoms with E-state index in [1.54, 1.807) is 6.26 Å². The summed E-state index contributed by atoms with van der Waals surface area (Å²) in [7, 11) is -1.58. The van der Waals surface area contributed by atoms with Gasteiger partial charge in [-0.15, -0.1) is 0 Å². The zero-order chi connectivity index (χ0) is 13.5. The first-order valence-corrected chi connectivity index (χ1v) is 9.70. The monoisotopic (exact) mass is 259 g/mol. The fourth-order valence-electron chi connectivity index (χ4n) is 1.70. The van der Waals surface area contributed by atoms with Crippen LogP contribution < -0.4 is 0 Å². The van der Waals surface area contributed by atoms with Crippen molar-refractivity contribution >= 4 is 8.32 Å². The van der Waals surface area contributed by atoms with Gasteiger partial charge >= 0.3 is 0 Å². The van der Waals surface area contributed by atoms with Crippen molar-refractivity contribution in [3.63, 3.8) is 0 Å². The molecule has 0 unspecified atom stereocenters. The highest BCUT2D eigenvalue weighted by Crippen LogP contribution is 2.19. The van der Waals surface area contributed by atoms with E-state index in [-0.39, 0.29) is 10.8 Å². The molecule has 0 saturated heterocycles. The standard InChI is InChI=1S/C12H25NO3Si/c1-6-8-11(12(7-2)13(14)15)9-10-16-17(3,4)5/h9-12H,6-8H2,1-5H3/b10-9+/t11-,12+/m1/s1. The van der Waals surface area contributed by atoms with E-state index in [2.05, 4.69) is 19.6 Å². The lowest BCUT2D eigenvalue weighted by molar-refractivity contribution is -0.530. The molecule has 0 saturated carbocycles. The SMILES string of the molecule is CCC[C@H](/C=C/O[Si](C)(C)C)[C@H](CC)[N+](=O)[O-]. The molecule has 5 heteroatoms. The van der Waals surface area contributed by atoms with Gasteiger partial charge in [0.2, 0.25) is 14.4 Å². The second-order valence-corrected chi connectivity index (χ2v) is 9.73. The fraction of sp³-hybridized carbons (Fsp3) is 0.833. The molecule has 0 aliphatic carbocycles. The first kappa shape index (κ1) is 16.2. The quantitative estimate of drug-likeness (QED) is 0.288. The van der Waals surface area contributed by atoms with Gasteiger partial charge in [0.1, 0.15) is 0 Å². The molecule has 0 amide bonds. The van der Waals surface area contributed by atoms with Gasteiger partial charge in [0, 0.05) is 17.3 Å². The van der Waals surface area contributed by atoms with E-state index in [0.717, 1.165) is 12.8 Å². The molecule has 0 aromatic carbocycles. The Balaban J connectivity index is 4.56. The Bertz CT molecular complexity index is 261. The third-order valence-electron chi connectivity index (χ3n) is 2.55. The van der Waals surface area contributed by atoms with Crippen LogP contribution in [0.5, 0.6) is 0 Å². The lowest BCUT2D eigenvalue weighted by Crippen LogP contribution is -2.28. The summed E-state index contributed by atoms with van der Waals surface area (Å²) in [5.74, 6) is -0.0173. The average Bonchev–Trinajstić information content (AvgIpc) is 2.16. The van der Waals surface area contributed by atoms with Gasteiger partial charge in [-0.2, -0.15) is 0 Å². The summed E-state index contributed by atoms with van der Waals surface area (Å²) in [5, 5.41) is 10.9. The summed E-state index contributed by atoms with van der Waals surface area (Å²) < 4.78 is 5.62. The molecule has 0 aromatic rings. The summed E-state index contributed by atoms with van der Waals surface area (Å²) >= 11 is 0. The van der Waals surface area contributed by atoms with Crippen molar-refractivity contribution in [2.75, 3.05) is 0 Å². The molecule has 0 fully saturated rings. The van der Waals surface area contributed by atoms with Crippen LogP contribution in [0.3, 0.4) is 0 Å². The maximum Gasteiger partial charge on any atom is 0.241 e. The van der Waals surface area contributed by atoms with E-state index >= 15 is 0 Å². The zero-order valence-electron chi connectivity index (χ0n) is 11.6. The Morgan fingerprint density at radius 3 is 2.29 bits per heavy atom. The Hall–Kier alpha value is -0.843. The molecule has 0 aliphatic rings. The largest absolute Gasteiger partial charge is 0.550 e. The minimum atomic E-state index is -1.58. The van der Waals surface area contributed by atoms with Gasteiger partial charge < -0.3 is 4.43 Å². The van der Waals surface area contributed by atoms with Gasteiger partial charge in [-0.1, -0.05) is 20.3 Å². The minimum Gasteiger partial charge on any atom is -0.550 e. The number of hydrogen-bond donors (Lipinski definition) is 0. The van der Waals surface area contributed by atoms with Gasteiger partial charge in [-0.05, 0) is 32.1 Å². The first-order chi connectivity index (χ1) is 7.81. The predicted molar refractivity (Wildman–Crippen MR) is 73.0 cm³/mol. The van der Waals surface area contributed by atoms with Gasteiger partial charge in [-0.3, -0.25) is 10.1 Å². The van der Waals surface area contributed by atoms with Crippen molar-refractivity contribution in [1.82, 2.24) is 0 Å². The topological polar surface area (TPSA) is 52.4 Å². The molecule has 2 atom stereocenters. The molecule has 0 N–H and O–H groups in total. The number of nitro groups is 1. The minimum absolute atomic E-state index is 0.0173. The van der Waals surface area contributed by atoms with Crippen molar-refractivity contribution in [2.24, 2.45) is 5.92 Å². The molecule has 0 radical (unpaired) electrons. The molecule has 0 aliphatic heterocycles. The maximum atomic E-state index is 10.9. The van der Waals surface area contributed by atoms with E-state index in [9.17, 15) is 10.1 Å². The molecule has 0 aromatic heterocycles. The summed E-state index contributed by atoms with van der Waals surface area (Å²) in [6.07, 6.45) is 5.91. The second-order valence-electron chi connectivity index (χ2n) is 5.27. The van der Waals surface area contributed by atoms with E-state index in [1.807, 2.05) is 19.9 Å². The molecule has 0 bridgehead atoms. The van der Waals surface area contributed by atoms with Crippen LogP contribution in [0.2, 0.25) is 19.6 Å². The Morgan fingerprint density at radius 1 is 1.35 bits per heavy atom. The fourth-order valence-corrected chi connectivity index (χ4v) is 2.19. The first-order valence-electron chi connectivity index (χ1n) is 6.29. The highest BCUT2D eigenvalue weighted by Gasteiger charge is 2.27. The van der Waals surface area contributed by atoms with Crippen molar-refractivity contribution in [1.29, 1.82) is 0 Å². The van der Waals surface area contributed by atoms with Crippen molar-refractivity contribution in [2.45, 2.75) is 58.8 Å². The predicted octanol–water partition coefficient (Wildman–Crippen LogP) is 3.82. The van der Waals surface area contributed by atoms with Crippen LogP contribution >= 0.6 is 0 Å². The Labute approximate surface area is 105 Å². The lowest BCUT2D eigenvalue weighted by atomic mass is 9.93. The van der Waals surface area contributed by atoms with Crippen LogP contribution in [0.25, 0.3) is 0 Å². The van der Waals surface area contributed by atoms with E-state index in [0.29, 0.717) is 6.42 Å². The third kappa shape index (κ3) is 7.15. The molecule has 100 valence electrons. The van der Waals surface area contributed by atoms with E-state index < -0.39 is 14.4 Å². The second kappa shape index (κ2) is 7.48. The van der Waals surface area contributed by atoms with Gasteiger partial charge in [-0.25, -0.2) is 0 Å². The normalized spacial score (nSPS) is 15.8. The van der Waals surface area contributed by atoms with Crippen LogP contribution in [0.4, 0.5) is 0 Å². The average molecular weight is 259 g/mol. The van der Waals surface area contributed by atoms with Gasteiger partial charge in [0.15, 0.2) is 0 Å². The summed E-state index contributed by atoms with van der Waals surface area (Å²) in [5.41, 5.74) is 0. The van der Waals surface area contributed by atoms with Crippen molar-refractivity contribution < 1.29 is 9.35 Å². The van der Waals surface area contributed by atoms with Gasteiger partial charge in [0.25, 0.3) is 0 Å². The van der Waals surface area contributed by atoms with Crippen LogP contribution in [0, 0.1) is 16.0 Å². The number of rotatable bonds is 8. The molecule has 0 rings (SSSR count). The summed E-state index contributed by atoms with van der Waals surface area (Å²) in [6.45, 7) is 10.2. The molecule has 0 heterocycles. The maximum absolute atomic E-state index is 10.9. The van der Waals surface area contributed by atoms with E-state index in [4.69, 9.17) is 4.43 Å². The van der Waals surface area contributed by atoms with Crippen LogP contribution in [-0.4, -0.2) is 19.3 Å². The Kier molecular flexibility index (Phi) is 7.11. The van der Waals surface area contributed by atoms with Crippen molar-refractivity contribution in [3.05, 3.63) is 22.5 Å². The van der Waals surface area contributed by atoms with Crippen molar-refractivity contribution in [3.8, 4) is 0 Å². The highest BCUT2D eigenvalue weighted by molar-refractivity contribution is 6.69. The molecule has 0 spiro atoms. The zero-order valence-corrected chi connectivity index (χ0v) is 12.6. The lowest BCUT2D eigenvalue weighted by Gasteiger charge is -2.18. The molecule has 4 nitrogen and oxygen atoms in total. The summed E-state index contributed by atoms with van der Waals surface area (Å²) in [6, 6.07) is -0.489. The van der Waals surface area contributed by atoms with E-state index in [1.165, 1.54) is 0 Å². The Morgan fingerprint density at radius 2 is 1.94 bits per heavy atom. The third-order valence-corrected chi connectivity index (χ3v) is 3.40. The molecular formula is C12H25NO3Si. The molecule has 17 heavy (non-hydrogen) atoms. The summed E-state index contributed by atoms with van der Waals surface area (Å²) in [4.78, 5) is 10.8. The number of nitrogens with zero attached hydrogens (tertiary/aromatic N) is 1. The van der Waals surface area contributed by atoms with Gasteiger partial charge in [0.05, 0.1) is 6.26 Å². The number of hydrogen-bond acceptors (Lipinski definition) is 3. The van der Waals surface area contributed by atoms with Crippen LogP contribution in [0.15, 0.2) is 12.3 Å². The molecular weight excluding hydrogens is 234 g/mol. The van der Waals surface area contributed by atoms with Crippen LogP contribution in [-0.2, 0) is 4.43 Å². The smallest absolute Gasteiger partial charge is 0.241 e. The van der Waals surface area contributed by atoms with Crippen LogP contribution in [0.1, 0.15) is 33.1 Å².